The summed E-state index contributed by atoms with van der Waals surface area (Å²) in [5.41, 5.74) is 0. The average Bonchev–Trinajstić information content (AvgIpc) is 2.25. The molecule has 0 saturated carbocycles. The van der Waals surface area contributed by atoms with Crippen LogP contribution in [0.4, 0.5) is 0 Å². The minimum Gasteiger partial charge on any atom is -0.316 e. The third kappa shape index (κ3) is 5.51. The Bertz CT molecular complexity index is 177. The molecule has 0 bridgehead atoms. The van der Waals surface area contributed by atoms with Gasteiger partial charge in [-0.25, -0.2) is 0 Å². The number of allylic oxidation sites excluding steroid dienone is 2. The minimum absolute atomic E-state index is 0.879. The van der Waals surface area contributed by atoms with Gasteiger partial charge in [-0.05, 0) is 31.7 Å². The highest BCUT2D eigenvalue weighted by atomic mass is 32.2. The SMILES string of the molecule is C=CCSCCNCC1CC=CCC1. The van der Waals surface area contributed by atoms with Crippen LogP contribution in [0.15, 0.2) is 24.8 Å². The smallest absolute Gasteiger partial charge is 0.0111 e. The van der Waals surface area contributed by atoms with Gasteiger partial charge in [-0.1, -0.05) is 18.2 Å². The molecule has 1 aliphatic rings. The van der Waals surface area contributed by atoms with Crippen molar-refractivity contribution in [2.75, 3.05) is 24.6 Å². The summed E-state index contributed by atoms with van der Waals surface area (Å²) in [7, 11) is 0. The van der Waals surface area contributed by atoms with Gasteiger partial charge in [0.2, 0.25) is 0 Å². The molecule has 0 spiro atoms. The van der Waals surface area contributed by atoms with Gasteiger partial charge in [0.05, 0.1) is 0 Å². The molecule has 1 rings (SSSR count). The Morgan fingerprint density at radius 2 is 2.43 bits per heavy atom. The molecular formula is C12H21NS. The van der Waals surface area contributed by atoms with Crippen LogP contribution in [0.2, 0.25) is 0 Å². The lowest BCUT2D eigenvalue weighted by Crippen LogP contribution is -2.25. The molecule has 0 saturated heterocycles. The molecule has 0 radical (unpaired) electrons. The van der Waals surface area contributed by atoms with Gasteiger partial charge in [-0.3, -0.25) is 0 Å². The molecule has 0 aromatic carbocycles. The largest absolute Gasteiger partial charge is 0.316 e. The van der Waals surface area contributed by atoms with Crippen LogP contribution in [-0.2, 0) is 0 Å². The normalized spacial score (nSPS) is 21.0. The monoisotopic (exact) mass is 211 g/mol. The summed E-state index contributed by atoms with van der Waals surface area (Å²) in [6.07, 6.45) is 10.5. The van der Waals surface area contributed by atoms with Crippen molar-refractivity contribution < 1.29 is 0 Å². The molecule has 1 nitrogen and oxygen atoms in total. The number of rotatable bonds is 7. The highest BCUT2D eigenvalue weighted by Gasteiger charge is 2.08. The lowest BCUT2D eigenvalue weighted by molar-refractivity contribution is 0.448. The molecule has 0 aromatic rings. The fourth-order valence-corrected chi connectivity index (χ4v) is 2.28. The van der Waals surface area contributed by atoms with Crippen LogP contribution in [-0.4, -0.2) is 24.6 Å². The first-order valence-corrected chi connectivity index (χ1v) is 6.63. The molecule has 1 aliphatic carbocycles. The Labute approximate surface area is 92.0 Å². The molecular weight excluding hydrogens is 190 g/mol. The van der Waals surface area contributed by atoms with Crippen LogP contribution in [0.25, 0.3) is 0 Å². The first-order valence-electron chi connectivity index (χ1n) is 5.48. The Morgan fingerprint density at radius 1 is 1.50 bits per heavy atom. The van der Waals surface area contributed by atoms with Gasteiger partial charge >= 0.3 is 0 Å². The van der Waals surface area contributed by atoms with E-state index in [1.54, 1.807) is 0 Å². The summed E-state index contributed by atoms with van der Waals surface area (Å²) in [6, 6.07) is 0. The Kier molecular flexibility index (Phi) is 6.89. The predicted molar refractivity (Wildman–Crippen MR) is 66.9 cm³/mol. The van der Waals surface area contributed by atoms with Crippen molar-refractivity contribution in [2.45, 2.75) is 19.3 Å². The number of nitrogens with one attached hydrogen (secondary N) is 1. The average molecular weight is 211 g/mol. The van der Waals surface area contributed by atoms with Gasteiger partial charge in [-0.15, -0.1) is 6.58 Å². The zero-order valence-corrected chi connectivity index (χ0v) is 9.69. The van der Waals surface area contributed by atoms with Gasteiger partial charge < -0.3 is 5.32 Å². The highest BCUT2D eigenvalue weighted by molar-refractivity contribution is 7.99. The Balaban J connectivity index is 1.88. The second-order valence-corrected chi connectivity index (χ2v) is 4.87. The summed E-state index contributed by atoms with van der Waals surface area (Å²) in [6.45, 7) is 6.03. The molecule has 0 amide bonds. The topological polar surface area (TPSA) is 12.0 Å². The Morgan fingerprint density at radius 3 is 3.14 bits per heavy atom. The zero-order chi connectivity index (χ0) is 10.1. The van der Waals surface area contributed by atoms with E-state index >= 15 is 0 Å². The molecule has 14 heavy (non-hydrogen) atoms. The van der Waals surface area contributed by atoms with Crippen LogP contribution in [0.1, 0.15) is 19.3 Å². The highest BCUT2D eigenvalue weighted by Crippen LogP contribution is 2.16. The number of hydrogen-bond donors (Lipinski definition) is 1. The van der Waals surface area contributed by atoms with Crippen molar-refractivity contribution in [3.63, 3.8) is 0 Å². The van der Waals surface area contributed by atoms with Gasteiger partial charge in [0.1, 0.15) is 0 Å². The van der Waals surface area contributed by atoms with E-state index in [2.05, 4.69) is 24.0 Å². The molecule has 0 aromatic heterocycles. The fraction of sp³-hybridized carbons (Fsp3) is 0.667. The molecule has 1 N–H and O–H groups in total. The van der Waals surface area contributed by atoms with Crippen LogP contribution >= 0.6 is 11.8 Å². The second-order valence-electron chi connectivity index (χ2n) is 3.72. The maximum absolute atomic E-state index is 3.70. The maximum atomic E-state index is 3.70. The standard InChI is InChI=1S/C12H21NS/c1-2-9-14-10-8-13-11-12-6-4-3-5-7-12/h2-4,12-13H,1,5-11H2. The number of hydrogen-bond acceptors (Lipinski definition) is 2. The van der Waals surface area contributed by atoms with Crippen molar-refractivity contribution in [2.24, 2.45) is 5.92 Å². The Hall–Kier alpha value is -0.210. The summed E-state index contributed by atoms with van der Waals surface area (Å²) in [4.78, 5) is 0. The van der Waals surface area contributed by atoms with E-state index in [0.29, 0.717) is 0 Å². The molecule has 0 fully saturated rings. The zero-order valence-electron chi connectivity index (χ0n) is 8.87. The van der Waals surface area contributed by atoms with Crippen molar-refractivity contribution in [3.8, 4) is 0 Å². The summed E-state index contributed by atoms with van der Waals surface area (Å²) in [5, 5.41) is 3.52. The van der Waals surface area contributed by atoms with Gasteiger partial charge in [0.15, 0.2) is 0 Å². The van der Waals surface area contributed by atoms with Gasteiger partial charge in [-0.2, -0.15) is 11.8 Å². The molecule has 1 unspecified atom stereocenters. The third-order valence-corrected chi connectivity index (χ3v) is 3.43. The lowest BCUT2D eigenvalue weighted by Gasteiger charge is -2.17. The van der Waals surface area contributed by atoms with Crippen molar-refractivity contribution >= 4 is 11.8 Å². The van der Waals surface area contributed by atoms with Gasteiger partial charge in [0, 0.05) is 18.1 Å². The van der Waals surface area contributed by atoms with Crippen LogP contribution in [0, 0.1) is 5.92 Å². The van der Waals surface area contributed by atoms with E-state index in [0.717, 1.165) is 18.2 Å². The fourth-order valence-electron chi connectivity index (χ4n) is 1.66. The molecule has 2 heteroatoms. The van der Waals surface area contributed by atoms with Gasteiger partial charge in [0.25, 0.3) is 0 Å². The molecule has 0 heterocycles. The molecule has 1 atom stereocenters. The quantitative estimate of drug-likeness (QED) is 0.513. The maximum Gasteiger partial charge on any atom is 0.0111 e. The summed E-state index contributed by atoms with van der Waals surface area (Å²) in [5.74, 6) is 3.16. The van der Waals surface area contributed by atoms with Crippen molar-refractivity contribution in [1.29, 1.82) is 0 Å². The molecule has 0 aliphatic heterocycles. The van der Waals surface area contributed by atoms with Crippen LogP contribution in [0.3, 0.4) is 0 Å². The van der Waals surface area contributed by atoms with E-state index < -0.39 is 0 Å². The molecule has 80 valence electrons. The van der Waals surface area contributed by atoms with E-state index in [-0.39, 0.29) is 0 Å². The van der Waals surface area contributed by atoms with E-state index in [1.165, 1.54) is 31.6 Å². The first-order chi connectivity index (χ1) is 6.93. The van der Waals surface area contributed by atoms with E-state index in [4.69, 9.17) is 0 Å². The van der Waals surface area contributed by atoms with Crippen molar-refractivity contribution in [1.82, 2.24) is 5.32 Å². The van der Waals surface area contributed by atoms with Crippen LogP contribution in [0.5, 0.6) is 0 Å². The van der Waals surface area contributed by atoms with Crippen molar-refractivity contribution in [3.05, 3.63) is 24.8 Å². The summed E-state index contributed by atoms with van der Waals surface area (Å²) >= 11 is 1.95. The second kappa shape index (κ2) is 8.13. The van der Waals surface area contributed by atoms with Crippen LogP contribution < -0.4 is 5.32 Å². The number of thioether (sulfide) groups is 1. The first kappa shape index (κ1) is 11.9. The summed E-state index contributed by atoms with van der Waals surface area (Å²) < 4.78 is 0. The van der Waals surface area contributed by atoms with E-state index in [9.17, 15) is 0 Å². The lowest BCUT2D eigenvalue weighted by atomic mass is 9.94. The van der Waals surface area contributed by atoms with E-state index in [1.807, 2.05) is 17.8 Å². The third-order valence-electron chi connectivity index (χ3n) is 2.47. The predicted octanol–water partition coefficient (Wildman–Crippen LogP) is 2.85. The minimum atomic E-state index is 0.879.